The number of aliphatic carboxylic acids is 1. The zero-order chi connectivity index (χ0) is 11.6. The van der Waals surface area contributed by atoms with Crippen LogP contribution in [-0.4, -0.2) is 64.9 Å². The van der Waals surface area contributed by atoms with Gasteiger partial charge in [-0.3, -0.25) is 5.43 Å². The van der Waals surface area contributed by atoms with Crippen molar-refractivity contribution in [1.29, 1.82) is 0 Å². The van der Waals surface area contributed by atoms with Crippen LogP contribution in [0.25, 0.3) is 0 Å². The molecular weight excluding hydrogens is 202 g/mol. The number of amides is 2. The molecule has 3 N–H and O–H groups in total. The van der Waals surface area contributed by atoms with Gasteiger partial charge in [0.15, 0.2) is 5.60 Å². The van der Waals surface area contributed by atoms with E-state index in [0.717, 1.165) is 0 Å². The third-order valence-corrected chi connectivity index (χ3v) is 2.25. The summed E-state index contributed by atoms with van der Waals surface area (Å²) in [5, 5.41) is 19.8. The number of hydrogen-bond donors (Lipinski definition) is 3. The Hall–Kier alpha value is -1.34. The van der Waals surface area contributed by atoms with Gasteiger partial charge < -0.3 is 15.1 Å². The molecule has 7 nitrogen and oxygen atoms in total. The molecule has 0 radical (unpaired) electrons. The molecule has 1 saturated heterocycles. The van der Waals surface area contributed by atoms with Crippen molar-refractivity contribution >= 4 is 12.0 Å². The average molecular weight is 217 g/mol. The maximum absolute atomic E-state index is 11.4. The van der Waals surface area contributed by atoms with E-state index in [4.69, 9.17) is 5.11 Å². The molecule has 7 heteroatoms. The predicted octanol–water partition coefficient (Wildman–Crippen LogP) is -1.31. The average Bonchev–Trinajstić information content (AvgIpc) is 2.48. The summed E-state index contributed by atoms with van der Waals surface area (Å²) in [5.74, 6) is -1.29. The van der Waals surface area contributed by atoms with Gasteiger partial charge in [-0.2, -0.15) is 0 Å². The number of carbonyl (C=O) groups is 2. The number of likely N-dealkylation sites (tertiary alicyclic amines) is 1. The lowest BCUT2D eigenvalue weighted by Gasteiger charge is -2.21. The Bertz CT molecular complexity index is 281. The van der Waals surface area contributed by atoms with Crippen LogP contribution in [0.1, 0.15) is 6.42 Å². The van der Waals surface area contributed by atoms with Crippen LogP contribution in [0, 0.1) is 0 Å². The van der Waals surface area contributed by atoms with E-state index in [1.807, 2.05) is 0 Å². The fourth-order valence-corrected chi connectivity index (χ4v) is 1.40. The summed E-state index contributed by atoms with van der Waals surface area (Å²) >= 11 is 0. The van der Waals surface area contributed by atoms with Gasteiger partial charge in [0.25, 0.3) is 0 Å². The van der Waals surface area contributed by atoms with Crippen molar-refractivity contribution in [2.75, 3.05) is 27.2 Å². The molecule has 0 aliphatic carbocycles. The van der Waals surface area contributed by atoms with Gasteiger partial charge in [-0.15, -0.1) is 0 Å². The first-order valence-electron chi connectivity index (χ1n) is 4.54. The normalized spacial score (nSPS) is 25.7. The van der Waals surface area contributed by atoms with Crippen molar-refractivity contribution in [3.8, 4) is 0 Å². The smallest absolute Gasteiger partial charge is 0.337 e. The van der Waals surface area contributed by atoms with E-state index in [1.165, 1.54) is 9.91 Å². The molecule has 0 saturated carbocycles. The van der Waals surface area contributed by atoms with Crippen molar-refractivity contribution in [2.24, 2.45) is 0 Å². The largest absolute Gasteiger partial charge is 0.479 e. The van der Waals surface area contributed by atoms with Crippen LogP contribution in [0.15, 0.2) is 0 Å². The molecule has 0 spiro atoms. The van der Waals surface area contributed by atoms with Crippen LogP contribution in [0.4, 0.5) is 4.79 Å². The summed E-state index contributed by atoms with van der Waals surface area (Å²) in [6.45, 7) is 0.0600. The van der Waals surface area contributed by atoms with E-state index < -0.39 is 17.6 Å². The number of urea groups is 1. The Balaban J connectivity index is 2.56. The summed E-state index contributed by atoms with van der Waals surface area (Å²) < 4.78 is 0. The standard InChI is InChI=1S/C8H15N3O4/c1-10(2)9-7(14)11-4-3-8(15,5-11)6(12)13/h15H,3-5H2,1-2H3,(H,9,14)(H,12,13). The highest BCUT2D eigenvalue weighted by Gasteiger charge is 2.44. The minimum Gasteiger partial charge on any atom is -0.479 e. The van der Waals surface area contributed by atoms with Crippen LogP contribution < -0.4 is 5.43 Å². The maximum atomic E-state index is 11.4. The van der Waals surface area contributed by atoms with Crippen molar-refractivity contribution in [1.82, 2.24) is 15.3 Å². The quantitative estimate of drug-likeness (QED) is 0.500. The number of aliphatic hydroxyl groups is 1. The van der Waals surface area contributed by atoms with Crippen molar-refractivity contribution in [3.05, 3.63) is 0 Å². The summed E-state index contributed by atoms with van der Waals surface area (Å²) in [6, 6.07) is -0.405. The number of β-amino-alcohol motifs (C(OH)–C–C–N with tert-alkyl or cyclic N) is 1. The highest BCUT2D eigenvalue weighted by atomic mass is 16.4. The van der Waals surface area contributed by atoms with E-state index in [0.29, 0.717) is 0 Å². The Labute approximate surface area is 87.2 Å². The fourth-order valence-electron chi connectivity index (χ4n) is 1.40. The lowest BCUT2D eigenvalue weighted by atomic mass is 10.0. The van der Waals surface area contributed by atoms with Gasteiger partial charge in [0.2, 0.25) is 0 Å². The van der Waals surface area contributed by atoms with E-state index in [1.54, 1.807) is 14.1 Å². The molecule has 2 amide bonds. The summed E-state index contributed by atoms with van der Waals surface area (Å²) in [4.78, 5) is 23.4. The van der Waals surface area contributed by atoms with Gasteiger partial charge in [0, 0.05) is 27.1 Å². The molecule has 1 unspecified atom stereocenters. The first kappa shape index (κ1) is 11.7. The number of carboxylic acids is 1. The molecule has 1 fully saturated rings. The minimum atomic E-state index is -1.80. The molecule has 1 rings (SSSR count). The fraction of sp³-hybridized carbons (Fsp3) is 0.750. The third-order valence-electron chi connectivity index (χ3n) is 2.25. The molecule has 0 aromatic rings. The number of nitrogens with one attached hydrogen (secondary N) is 1. The van der Waals surface area contributed by atoms with Crippen LogP contribution in [-0.2, 0) is 4.79 Å². The first-order chi connectivity index (χ1) is 6.85. The summed E-state index contributed by atoms with van der Waals surface area (Å²) in [5.41, 5.74) is 0.676. The van der Waals surface area contributed by atoms with Crippen molar-refractivity contribution in [2.45, 2.75) is 12.0 Å². The van der Waals surface area contributed by atoms with E-state index in [2.05, 4.69) is 5.43 Å². The predicted molar refractivity (Wildman–Crippen MR) is 51.0 cm³/mol. The Morgan fingerprint density at radius 2 is 2.07 bits per heavy atom. The van der Waals surface area contributed by atoms with Gasteiger partial charge >= 0.3 is 12.0 Å². The van der Waals surface area contributed by atoms with E-state index in [-0.39, 0.29) is 19.5 Å². The second-order valence-electron chi connectivity index (χ2n) is 3.82. The maximum Gasteiger partial charge on any atom is 0.337 e. The topological polar surface area (TPSA) is 93.1 Å². The summed E-state index contributed by atoms with van der Waals surface area (Å²) in [7, 11) is 3.30. The first-order valence-corrected chi connectivity index (χ1v) is 4.54. The second-order valence-corrected chi connectivity index (χ2v) is 3.82. The molecule has 1 atom stereocenters. The van der Waals surface area contributed by atoms with Crippen molar-refractivity contribution in [3.63, 3.8) is 0 Å². The summed E-state index contributed by atoms with van der Waals surface area (Å²) in [6.07, 6.45) is 0.0587. The minimum absolute atomic E-state index is 0.0587. The lowest BCUT2D eigenvalue weighted by molar-refractivity contribution is -0.156. The zero-order valence-corrected chi connectivity index (χ0v) is 8.73. The SMILES string of the molecule is CN(C)NC(=O)N1CCC(O)(C(=O)O)C1. The Morgan fingerprint density at radius 3 is 2.47 bits per heavy atom. The van der Waals surface area contributed by atoms with E-state index in [9.17, 15) is 14.7 Å². The third kappa shape index (κ3) is 2.57. The second kappa shape index (κ2) is 4.03. The van der Waals surface area contributed by atoms with Gasteiger partial charge in [-0.1, -0.05) is 0 Å². The molecule has 86 valence electrons. The van der Waals surface area contributed by atoms with Gasteiger partial charge in [-0.25, -0.2) is 14.6 Å². The Kier molecular flexibility index (Phi) is 3.15. The molecule has 1 heterocycles. The highest BCUT2D eigenvalue weighted by Crippen LogP contribution is 2.21. The molecule has 1 aliphatic rings. The number of nitrogens with zero attached hydrogens (tertiary/aromatic N) is 2. The van der Waals surface area contributed by atoms with Gasteiger partial charge in [-0.05, 0) is 0 Å². The number of hydrazine groups is 1. The number of hydrogen-bond acceptors (Lipinski definition) is 4. The van der Waals surface area contributed by atoms with Crippen LogP contribution in [0.2, 0.25) is 0 Å². The van der Waals surface area contributed by atoms with Crippen molar-refractivity contribution < 1.29 is 19.8 Å². The van der Waals surface area contributed by atoms with Crippen LogP contribution in [0.3, 0.4) is 0 Å². The molecule has 0 bridgehead atoms. The number of carbonyl (C=O) groups excluding carboxylic acids is 1. The molecule has 1 aliphatic heterocycles. The Morgan fingerprint density at radius 1 is 1.47 bits per heavy atom. The monoisotopic (exact) mass is 217 g/mol. The molecule has 0 aromatic heterocycles. The van der Waals surface area contributed by atoms with Gasteiger partial charge in [0.1, 0.15) is 0 Å². The number of carboxylic acid groups (broad SMARTS) is 1. The van der Waals surface area contributed by atoms with Crippen LogP contribution >= 0.6 is 0 Å². The molecular formula is C8H15N3O4. The molecule has 0 aromatic carbocycles. The zero-order valence-electron chi connectivity index (χ0n) is 8.73. The lowest BCUT2D eigenvalue weighted by Crippen LogP contribution is -2.48. The van der Waals surface area contributed by atoms with E-state index >= 15 is 0 Å². The highest BCUT2D eigenvalue weighted by molar-refractivity contribution is 5.81. The van der Waals surface area contributed by atoms with Gasteiger partial charge in [0.05, 0.1) is 6.54 Å². The van der Waals surface area contributed by atoms with Crippen LogP contribution in [0.5, 0.6) is 0 Å². The number of rotatable bonds is 2. The molecule has 15 heavy (non-hydrogen) atoms.